The number of nitrogens with one attached hydrogen (secondary N) is 1. The van der Waals surface area contributed by atoms with Gasteiger partial charge in [-0.1, -0.05) is 17.7 Å². The molecule has 0 spiro atoms. The van der Waals surface area contributed by atoms with E-state index in [2.05, 4.69) is 12.0 Å². The first-order valence-electron chi connectivity index (χ1n) is 17.1. The van der Waals surface area contributed by atoms with Crippen molar-refractivity contribution in [3.8, 4) is 5.75 Å². The third-order valence-corrected chi connectivity index (χ3v) is 6.41. The minimum atomic E-state index is 0.513. The molecule has 2 rings (SSSR count). The van der Waals surface area contributed by atoms with Crippen molar-refractivity contribution in [3.05, 3.63) is 41.7 Å². The Balaban J connectivity index is 1.16. The van der Waals surface area contributed by atoms with Gasteiger partial charge in [0.2, 0.25) is 0 Å². The van der Waals surface area contributed by atoms with Gasteiger partial charge < -0.3 is 56.8 Å². The summed E-state index contributed by atoms with van der Waals surface area (Å²) in [5.74, 6) is 0.867. The van der Waals surface area contributed by atoms with E-state index in [-0.39, 0.29) is 0 Å². The summed E-state index contributed by atoms with van der Waals surface area (Å²) in [5.41, 5.74) is 2.26. The van der Waals surface area contributed by atoms with Gasteiger partial charge in [0.25, 0.3) is 0 Å². The number of aromatic nitrogens is 2. The smallest absolute Gasteiger partial charge is 0.131 e. The molecule has 1 aromatic heterocycles. The van der Waals surface area contributed by atoms with E-state index >= 15 is 0 Å². The van der Waals surface area contributed by atoms with Crippen LogP contribution in [0.4, 0.5) is 0 Å². The van der Waals surface area contributed by atoms with Gasteiger partial charge in [-0.15, -0.1) is 0 Å². The fourth-order valence-electron chi connectivity index (χ4n) is 3.86. The molecule has 0 amide bonds. The summed E-state index contributed by atoms with van der Waals surface area (Å²) in [7, 11) is 0. The van der Waals surface area contributed by atoms with E-state index in [1.54, 1.807) is 0 Å². The van der Waals surface area contributed by atoms with Crippen molar-refractivity contribution in [3.63, 3.8) is 0 Å². The Morgan fingerprint density at radius 2 is 0.771 bits per heavy atom. The van der Waals surface area contributed by atoms with Gasteiger partial charge in [0.15, 0.2) is 0 Å². The molecule has 14 nitrogen and oxygen atoms in total. The molecule has 0 saturated heterocycles. The Morgan fingerprint density at radius 1 is 0.458 bits per heavy atom. The summed E-state index contributed by atoms with van der Waals surface area (Å²) in [5, 5.41) is 3.24. The quantitative estimate of drug-likeness (QED) is 0.105. The third kappa shape index (κ3) is 25.9. The zero-order chi connectivity index (χ0) is 34.0. The lowest BCUT2D eigenvalue weighted by atomic mass is 10.2. The van der Waals surface area contributed by atoms with Gasteiger partial charge in [-0.2, -0.15) is 0 Å². The van der Waals surface area contributed by atoms with Gasteiger partial charge in [-0.05, 0) is 26.0 Å². The molecule has 0 atom stereocenters. The van der Waals surface area contributed by atoms with Crippen molar-refractivity contribution in [2.75, 3.05) is 145 Å². The van der Waals surface area contributed by atoms with Crippen LogP contribution in [0.5, 0.6) is 5.75 Å². The molecular weight excluding hydrogens is 628 g/mol. The third-order valence-electron chi connectivity index (χ3n) is 6.41. The van der Waals surface area contributed by atoms with Crippen molar-refractivity contribution < 1.29 is 56.8 Å². The van der Waals surface area contributed by atoms with Crippen molar-refractivity contribution in [1.29, 1.82) is 0 Å². The van der Waals surface area contributed by atoms with Gasteiger partial charge in [-0.25, -0.2) is 0 Å². The molecule has 48 heavy (non-hydrogen) atoms. The average Bonchev–Trinajstić information content (AvgIpc) is 3.08. The zero-order valence-corrected chi connectivity index (χ0v) is 29.2. The molecule has 0 unspecified atom stereocenters. The highest BCUT2D eigenvalue weighted by Crippen LogP contribution is 2.13. The van der Waals surface area contributed by atoms with Gasteiger partial charge >= 0.3 is 0 Å². The summed E-state index contributed by atoms with van der Waals surface area (Å²) < 4.78 is 67.8. The molecule has 0 fully saturated rings. The molecule has 1 N–H and O–H groups in total. The second-order valence-corrected chi connectivity index (χ2v) is 10.4. The van der Waals surface area contributed by atoms with Crippen LogP contribution < -0.4 is 4.74 Å². The Morgan fingerprint density at radius 3 is 1.10 bits per heavy atom. The maximum atomic E-state index is 5.74. The maximum Gasteiger partial charge on any atom is 0.131 e. The minimum absolute atomic E-state index is 0.513. The Bertz CT molecular complexity index is 916. The zero-order valence-electron chi connectivity index (χ0n) is 29.2. The highest BCUT2D eigenvalue weighted by molar-refractivity contribution is 5.26. The van der Waals surface area contributed by atoms with Crippen molar-refractivity contribution in [2.45, 2.75) is 27.0 Å². The molecule has 0 aliphatic carbocycles. The van der Waals surface area contributed by atoms with Crippen LogP contribution in [0.15, 0.2) is 30.5 Å². The molecule has 0 radical (unpaired) electrons. The number of benzene rings is 1. The van der Waals surface area contributed by atoms with Gasteiger partial charge in [0, 0.05) is 12.8 Å². The number of aryl methyl sites for hydroxylation is 1. The van der Waals surface area contributed by atoms with Crippen LogP contribution in [0.1, 0.15) is 18.2 Å². The lowest BCUT2D eigenvalue weighted by Crippen LogP contribution is -2.18. The van der Waals surface area contributed by atoms with Gasteiger partial charge in [0.1, 0.15) is 12.4 Å². The molecule has 14 heteroatoms. The van der Waals surface area contributed by atoms with Crippen LogP contribution >= 0.6 is 0 Å². The predicted octanol–water partition coefficient (Wildman–Crippen LogP) is 2.91. The summed E-state index contributed by atoms with van der Waals surface area (Å²) in [6.45, 7) is 17.3. The molecule has 0 saturated carbocycles. The van der Waals surface area contributed by atoms with Crippen LogP contribution in [0.3, 0.4) is 0 Å². The number of nitrogens with zero attached hydrogens (tertiary/aromatic N) is 1. The average molecular weight is 689 g/mol. The molecule has 0 bridgehead atoms. The van der Waals surface area contributed by atoms with Gasteiger partial charge in [-0.3, -0.25) is 9.78 Å². The first-order chi connectivity index (χ1) is 23.8. The number of aromatic amines is 1. The number of hydrogen-bond donors (Lipinski definition) is 1. The van der Waals surface area contributed by atoms with Crippen molar-refractivity contribution in [1.82, 2.24) is 9.78 Å². The van der Waals surface area contributed by atoms with Crippen LogP contribution in [0, 0.1) is 6.92 Å². The Labute approximate surface area is 286 Å². The molecule has 1 heterocycles. The second kappa shape index (κ2) is 32.1. The van der Waals surface area contributed by atoms with E-state index in [9.17, 15) is 0 Å². The van der Waals surface area contributed by atoms with E-state index in [4.69, 9.17) is 56.8 Å². The van der Waals surface area contributed by atoms with E-state index in [1.807, 2.05) is 42.1 Å². The van der Waals surface area contributed by atoms with E-state index < -0.39 is 0 Å². The molecule has 1 aromatic carbocycles. The molecule has 0 aliphatic rings. The summed E-state index contributed by atoms with van der Waals surface area (Å²) in [6, 6.07) is 8.03. The fraction of sp³-hybridized carbons (Fsp3) is 0.765. The lowest BCUT2D eigenvalue weighted by molar-refractivity contribution is -0.0274. The second-order valence-electron chi connectivity index (χ2n) is 10.4. The molecule has 0 aliphatic heterocycles. The minimum Gasteiger partial charge on any atom is -0.487 e. The van der Waals surface area contributed by atoms with Crippen LogP contribution in [0.2, 0.25) is 0 Å². The van der Waals surface area contributed by atoms with E-state index in [0.717, 1.165) is 18.0 Å². The highest BCUT2D eigenvalue weighted by Gasteiger charge is 2.03. The summed E-state index contributed by atoms with van der Waals surface area (Å²) in [4.78, 5) is 0. The van der Waals surface area contributed by atoms with Gasteiger partial charge in [0.05, 0.1) is 151 Å². The maximum absolute atomic E-state index is 5.74. The van der Waals surface area contributed by atoms with E-state index in [1.165, 1.54) is 5.56 Å². The number of H-pyrrole nitrogens is 1. The number of hydrogen-bond acceptors (Lipinski definition) is 12. The Hall–Kier alpha value is -2.08. The normalized spacial score (nSPS) is 11.5. The SMILES string of the molecule is CCOCCOCCOCCOCCOCCOCCOCCOCCOCCOCCOCCn1cc(COc2ccc(C)cc2)[nH]1. The fourth-order valence-corrected chi connectivity index (χ4v) is 3.86. The Kier molecular flexibility index (Phi) is 28.2. The molecular formula is C34H60N2O12. The monoisotopic (exact) mass is 688 g/mol. The first kappa shape index (κ1) is 42.1. The number of ether oxygens (including phenoxy) is 12. The van der Waals surface area contributed by atoms with E-state index in [0.29, 0.717) is 152 Å². The molecule has 2 aromatic rings. The van der Waals surface area contributed by atoms with Crippen molar-refractivity contribution >= 4 is 0 Å². The standard InChI is InChI=1S/C34H60N2O12/c1-3-37-10-11-39-14-15-41-18-19-43-22-23-45-26-27-47-29-28-46-25-24-44-21-20-42-17-16-40-13-12-38-9-8-36-30-33(35-36)31-48-34-6-4-32(2)5-7-34/h4-7,30,35H,3,8-29,31H2,1-2H3. The van der Waals surface area contributed by atoms with Crippen molar-refractivity contribution in [2.24, 2.45) is 0 Å². The topological polar surface area (TPSA) is 131 Å². The van der Waals surface area contributed by atoms with Crippen LogP contribution in [-0.2, 0) is 65.3 Å². The largest absolute Gasteiger partial charge is 0.487 e. The predicted molar refractivity (Wildman–Crippen MR) is 179 cm³/mol. The highest BCUT2D eigenvalue weighted by atomic mass is 16.6. The lowest BCUT2D eigenvalue weighted by Gasteiger charge is -2.16. The number of rotatable bonds is 37. The van der Waals surface area contributed by atoms with Crippen LogP contribution in [0.25, 0.3) is 0 Å². The summed E-state index contributed by atoms with van der Waals surface area (Å²) >= 11 is 0. The summed E-state index contributed by atoms with van der Waals surface area (Å²) in [6.07, 6.45) is 2.03. The van der Waals surface area contributed by atoms with Crippen LogP contribution in [-0.4, -0.2) is 155 Å². The first-order valence-corrected chi connectivity index (χ1v) is 17.1. The molecule has 278 valence electrons.